The molecule has 1 aliphatic carbocycles. The number of benzene rings is 1. The van der Waals surface area contributed by atoms with Crippen LogP contribution in [0.5, 0.6) is 0 Å². The van der Waals surface area contributed by atoms with E-state index in [4.69, 9.17) is 0 Å². The van der Waals surface area contributed by atoms with Crippen LogP contribution in [0.1, 0.15) is 29.9 Å². The molecule has 1 aliphatic heterocycles. The molecule has 1 heterocycles. The third kappa shape index (κ3) is 2.24. The number of fused-ring (bicyclic) bond motifs is 3. The summed E-state index contributed by atoms with van der Waals surface area (Å²) in [6, 6.07) is 6.48. The van der Waals surface area contributed by atoms with Crippen molar-refractivity contribution in [3.63, 3.8) is 0 Å². The minimum absolute atomic E-state index is 0.544. The maximum Gasteiger partial charge on any atom is 0.229 e. The summed E-state index contributed by atoms with van der Waals surface area (Å²) in [5, 5.41) is 3.56. The fourth-order valence-electron chi connectivity index (χ4n) is 3.20. The van der Waals surface area contributed by atoms with Gasteiger partial charge in [0.15, 0.2) is 0 Å². The molecule has 4 nitrogen and oxygen atoms in total. The molecule has 0 aromatic heterocycles. The molecular formula is C13H18N2O2S. The van der Waals surface area contributed by atoms with Gasteiger partial charge in [0.2, 0.25) is 10.0 Å². The average Bonchev–Trinajstić information content (AvgIpc) is 2.64. The van der Waals surface area contributed by atoms with E-state index in [0.717, 1.165) is 13.0 Å². The first-order valence-electron chi connectivity index (χ1n) is 6.37. The van der Waals surface area contributed by atoms with Crippen LogP contribution in [0.15, 0.2) is 18.2 Å². The zero-order chi connectivity index (χ0) is 12.8. The Kier molecular flexibility index (Phi) is 2.83. The number of anilines is 1. The molecule has 0 amide bonds. The Balaban J connectivity index is 1.90. The van der Waals surface area contributed by atoms with Gasteiger partial charge in [0.1, 0.15) is 0 Å². The second-order valence-electron chi connectivity index (χ2n) is 5.30. The van der Waals surface area contributed by atoms with Crippen molar-refractivity contribution < 1.29 is 8.42 Å². The van der Waals surface area contributed by atoms with Crippen molar-refractivity contribution in [1.82, 2.24) is 5.32 Å². The van der Waals surface area contributed by atoms with E-state index in [0.29, 0.717) is 17.6 Å². The molecule has 0 bridgehead atoms. The highest BCUT2D eigenvalue weighted by molar-refractivity contribution is 7.92. The smallest absolute Gasteiger partial charge is 0.229 e. The van der Waals surface area contributed by atoms with Crippen LogP contribution in [0, 0.1) is 0 Å². The van der Waals surface area contributed by atoms with Crippen LogP contribution in [-0.4, -0.2) is 27.3 Å². The Bertz CT molecular complexity index is 568. The topological polar surface area (TPSA) is 58.2 Å². The van der Waals surface area contributed by atoms with Crippen LogP contribution in [0.3, 0.4) is 0 Å². The summed E-state index contributed by atoms with van der Waals surface area (Å²) in [6.07, 6.45) is 4.66. The van der Waals surface area contributed by atoms with Crippen molar-refractivity contribution in [3.05, 3.63) is 29.3 Å². The first kappa shape index (κ1) is 12.0. The summed E-state index contributed by atoms with van der Waals surface area (Å²) in [6.45, 7) is 1.10. The van der Waals surface area contributed by atoms with Gasteiger partial charge in [0.05, 0.1) is 6.26 Å². The van der Waals surface area contributed by atoms with E-state index >= 15 is 0 Å². The van der Waals surface area contributed by atoms with Crippen molar-refractivity contribution in [2.75, 3.05) is 17.5 Å². The zero-order valence-electron chi connectivity index (χ0n) is 10.4. The summed E-state index contributed by atoms with van der Waals surface area (Å²) >= 11 is 0. The Labute approximate surface area is 108 Å². The highest BCUT2D eigenvalue weighted by Crippen LogP contribution is 2.39. The quantitative estimate of drug-likeness (QED) is 0.852. The minimum Gasteiger partial charge on any atom is -0.313 e. The summed E-state index contributed by atoms with van der Waals surface area (Å²) in [4.78, 5) is 0. The van der Waals surface area contributed by atoms with E-state index < -0.39 is 10.0 Å². The van der Waals surface area contributed by atoms with E-state index in [1.54, 1.807) is 0 Å². The first-order chi connectivity index (χ1) is 8.53. The van der Waals surface area contributed by atoms with Crippen LogP contribution in [0.4, 0.5) is 5.69 Å². The van der Waals surface area contributed by atoms with Crippen molar-refractivity contribution in [2.24, 2.45) is 0 Å². The van der Waals surface area contributed by atoms with Crippen LogP contribution in [-0.2, 0) is 16.4 Å². The number of nitrogens with one attached hydrogen (secondary N) is 2. The third-order valence-corrected chi connectivity index (χ3v) is 4.48. The lowest BCUT2D eigenvalue weighted by molar-refractivity contribution is 0.372. The molecule has 2 aliphatic rings. The normalized spacial score (nSPS) is 26.5. The van der Waals surface area contributed by atoms with Gasteiger partial charge in [-0.15, -0.1) is 0 Å². The molecule has 98 valence electrons. The fourth-order valence-corrected chi connectivity index (χ4v) is 3.75. The average molecular weight is 266 g/mol. The molecule has 0 radical (unpaired) electrons. The standard InChI is InChI=1S/C13H18N2O2S/c1-18(16,17)15-10-4-5-11-9(7-10)8-13-12(11)3-2-6-14-13/h4-5,7,12-15H,2-3,6,8H2,1H3/t12-,13+/m1/s1. The summed E-state index contributed by atoms with van der Waals surface area (Å²) in [7, 11) is -3.19. The second-order valence-corrected chi connectivity index (χ2v) is 7.05. The number of hydrogen-bond acceptors (Lipinski definition) is 3. The molecule has 1 saturated heterocycles. The molecule has 0 unspecified atom stereocenters. The van der Waals surface area contributed by atoms with Gasteiger partial charge in [-0.3, -0.25) is 4.72 Å². The van der Waals surface area contributed by atoms with Gasteiger partial charge in [-0.25, -0.2) is 8.42 Å². The van der Waals surface area contributed by atoms with E-state index in [1.807, 2.05) is 12.1 Å². The molecule has 18 heavy (non-hydrogen) atoms. The van der Waals surface area contributed by atoms with Crippen molar-refractivity contribution in [1.29, 1.82) is 0 Å². The van der Waals surface area contributed by atoms with Gasteiger partial charge in [-0.1, -0.05) is 6.07 Å². The van der Waals surface area contributed by atoms with Gasteiger partial charge in [-0.2, -0.15) is 0 Å². The summed E-state index contributed by atoms with van der Waals surface area (Å²) in [5.41, 5.74) is 3.36. The molecule has 0 saturated carbocycles. The lowest BCUT2D eigenvalue weighted by Crippen LogP contribution is -2.37. The number of sulfonamides is 1. The highest BCUT2D eigenvalue weighted by atomic mass is 32.2. The summed E-state index contributed by atoms with van der Waals surface area (Å²) < 4.78 is 25.0. The predicted molar refractivity (Wildman–Crippen MR) is 72.4 cm³/mol. The van der Waals surface area contributed by atoms with Crippen LogP contribution in [0.2, 0.25) is 0 Å². The zero-order valence-corrected chi connectivity index (χ0v) is 11.3. The van der Waals surface area contributed by atoms with Gasteiger partial charge in [-0.05, 0) is 55.0 Å². The van der Waals surface area contributed by atoms with Gasteiger partial charge < -0.3 is 5.32 Å². The Hall–Kier alpha value is -1.07. The van der Waals surface area contributed by atoms with Crippen LogP contribution >= 0.6 is 0 Å². The molecule has 0 spiro atoms. The minimum atomic E-state index is -3.19. The van der Waals surface area contributed by atoms with Crippen molar-refractivity contribution in [2.45, 2.75) is 31.2 Å². The first-order valence-corrected chi connectivity index (χ1v) is 8.26. The highest BCUT2D eigenvalue weighted by Gasteiger charge is 2.33. The van der Waals surface area contributed by atoms with Crippen molar-refractivity contribution in [3.8, 4) is 0 Å². The van der Waals surface area contributed by atoms with Gasteiger partial charge >= 0.3 is 0 Å². The lowest BCUT2D eigenvalue weighted by Gasteiger charge is -2.27. The predicted octanol–water partition coefficient (Wildman–Crippen LogP) is 1.45. The van der Waals surface area contributed by atoms with E-state index in [1.165, 1.54) is 30.2 Å². The fraction of sp³-hybridized carbons (Fsp3) is 0.538. The van der Waals surface area contributed by atoms with Crippen LogP contribution in [0.25, 0.3) is 0 Å². The molecule has 2 atom stereocenters. The molecule has 5 heteroatoms. The molecule has 1 aromatic carbocycles. The number of piperidine rings is 1. The molecule has 3 rings (SSSR count). The molecule has 1 fully saturated rings. The maximum atomic E-state index is 11.2. The largest absolute Gasteiger partial charge is 0.313 e. The lowest BCUT2D eigenvalue weighted by atomic mass is 9.90. The van der Waals surface area contributed by atoms with Crippen LogP contribution < -0.4 is 10.0 Å². The third-order valence-electron chi connectivity index (χ3n) is 3.87. The second kappa shape index (κ2) is 4.24. The number of rotatable bonds is 2. The molecule has 1 aromatic rings. The van der Waals surface area contributed by atoms with E-state index in [-0.39, 0.29) is 0 Å². The maximum absolute atomic E-state index is 11.2. The number of hydrogen-bond donors (Lipinski definition) is 2. The van der Waals surface area contributed by atoms with Crippen molar-refractivity contribution >= 4 is 15.7 Å². The van der Waals surface area contributed by atoms with E-state index in [2.05, 4.69) is 16.1 Å². The Morgan fingerprint density at radius 1 is 1.39 bits per heavy atom. The van der Waals surface area contributed by atoms with Gasteiger partial charge in [0.25, 0.3) is 0 Å². The van der Waals surface area contributed by atoms with E-state index in [9.17, 15) is 8.42 Å². The molecular weight excluding hydrogens is 248 g/mol. The molecule has 2 N–H and O–H groups in total. The van der Waals surface area contributed by atoms with Gasteiger partial charge in [0, 0.05) is 11.7 Å². The summed E-state index contributed by atoms with van der Waals surface area (Å²) in [5.74, 6) is 0.612. The SMILES string of the molecule is CS(=O)(=O)Nc1ccc2c(c1)C[C@@H]1NCCC[C@H]21. The Morgan fingerprint density at radius 2 is 2.22 bits per heavy atom. The monoisotopic (exact) mass is 266 g/mol. The Morgan fingerprint density at radius 3 is 3.00 bits per heavy atom.